The van der Waals surface area contributed by atoms with Crippen LogP contribution < -0.4 is 0 Å². The zero-order chi connectivity index (χ0) is 11.3. The summed E-state index contributed by atoms with van der Waals surface area (Å²) in [6, 6.07) is 3.48. The number of hydrogen-bond acceptors (Lipinski definition) is 2. The van der Waals surface area contributed by atoms with Crippen LogP contribution in [0.25, 0.3) is 0 Å². The van der Waals surface area contributed by atoms with Crippen LogP contribution >= 0.6 is 0 Å². The van der Waals surface area contributed by atoms with Gasteiger partial charge in [0.25, 0.3) is 0 Å². The molecule has 1 aliphatic carbocycles. The van der Waals surface area contributed by atoms with Crippen molar-refractivity contribution >= 4 is 0 Å². The second kappa shape index (κ2) is 6.12. The van der Waals surface area contributed by atoms with Gasteiger partial charge in [0.15, 0.2) is 0 Å². The lowest BCUT2D eigenvalue weighted by atomic mass is 10.1. The molecule has 15 heavy (non-hydrogen) atoms. The quantitative estimate of drug-likeness (QED) is 0.694. The summed E-state index contributed by atoms with van der Waals surface area (Å²) >= 11 is 0. The van der Waals surface area contributed by atoms with Crippen molar-refractivity contribution in [1.82, 2.24) is 4.90 Å². The molecule has 0 spiro atoms. The van der Waals surface area contributed by atoms with E-state index in [1.165, 1.54) is 25.7 Å². The fourth-order valence-corrected chi connectivity index (χ4v) is 2.60. The van der Waals surface area contributed by atoms with Gasteiger partial charge in [-0.05, 0) is 25.7 Å². The first-order chi connectivity index (χ1) is 7.15. The van der Waals surface area contributed by atoms with Gasteiger partial charge in [-0.15, -0.1) is 0 Å². The van der Waals surface area contributed by atoms with Crippen LogP contribution in [0.2, 0.25) is 0 Å². The van der Waals surface area contributed by atoms with Crippen LogP contribution in [0.5, 0.6) is 0 Å². The number of hydrogen-bond donors (Lipinski definition) is 0. The van der Waals surface area contributed by atoms with Crippen molar-refractivity contribution < 1.29 is 0 Å². The van der Waals surface area contributed by atoms with Gasteiger partial charge < -0.3 is 0 Å². The zero-order valence-corrected chi connectivity index (χ0v) is 10.4. The van der Waals surface area contributed by atoms with E-state index in [4.69, 9.17) is 5.26 Å². The monoisotopic (exact) mass is 208 g/mol. The average molecular weight is 208 g/mol. The van der Waals surface area contributed by atoms with E-state index in [2.05, 4.69) is 31.7 Å². The molecule has 0 aliphatic heterocycles. The summed E-state index contributed by atoms with van der Waals surface area (Å²) in [7, 11) is 0. The molecule has 1 aliphatic rings. The second-order valence-corrected chi connectivity index (χ2v) is 5.24. The molecule has 0 amide bonds. The Morgan fingerprint density at radius 3 is 2.33 bits per heavy atom. The molecular weight excluding hydrogens is 184 g/mol. The van der Waals surface area contributed by atoms with Gasteiger partial charge in [0.2, 0.25) is 0 Å². The number of nitriles is 1. The Bertz CT molecular complexity index is 211. The average Bonchev–Trinajstić information content (AvgIpc) is 2.66. The lowest BCUT2D eigenvalue weighted by Crippen LogP contribution is -2.42. The molecule has 0 aromatic rings. The first-order valence-electron chi connectivity index (χ1n) is 6.27. The SMILES string of the molecule is CC(C)CN(C(C)CC#N)C1CCCC1. The third-order valence-corrected chi connectivity index (χ3v) is 3.32. The summed E-state index contributed by atoms with van der Waals surface area (Å²) < 4.78 is 0. The van der Waals surface area contributed by atoms with E-state index in [1.807, 2.05) is 0 Å². The van der Waals surface area contributed by atoms with Crippen molar-refractivity contribution in [3.05, 3.63) is 0 Å². The molecule has 0 aromatic carbocycles. The highest BCUT2D eigenvalue weighted by atomic mass is 15.2. The smallest absolute Gasteiger partial charge is 0.0638 e. The van der Waals surface area contributed by atoms with Gasteiger partial charge in [0.1, 0.15) is 0 Å². The second-order valence-electron chi connectivity index (χ2n) is 5.24. The number of rotatable bonds is 5. The van der Waals surface area contributed by atoms with Crippen LogP contribution in [-0.4, -0.2) is 23.5 Å². The maximum atomic E-state index is 8.79. The highest BCUT2D eigenvalue weighted by Crippen LogP contribution is 2.26. The fraction of sp³-hybridized carbons (Fsp3) is 0.923. The molecular formula is C13H24N2. The van der Waals surface area contributed by atoms with Crippen LogP contribution in [-0.2, 0) is 0 Å². The van der Waals surface area contributed by atoms with Crippen LogP contribution in [0.1, 0.15) is 52.9 Å². The molecule has 0 radical (unpaired) electrons. The minimum atomic E-state index is 0.431. The summed E-state index contributed by atoms with van der Waals surface area (Å²) in [5, 5.41) is 8.79. The highest BCUT2D eigenvalue weighted by Gasteiger charge is 2.26. The lowest BCUT2D eigenvalue weighted by Gasteiger charge is -2.34. The molecule has 2 nitrogen and oxygen atoms in total. The van der Waals surface area contributed by atoms with Gasteiger partial charge in [-0.1, -0.05) is 26.7 Å². The van der Waals surface area contributed by atoms with E-state index in [9.17, 15) is 0 Å². The third-order valence-electron chi connectivity index (χ3n) is 3.32. The molecule has 0 heterocycles. The Balaban J connectivity index is 2.55. The van der Waals surface area contributed by atoms with Crippen LogP contribution in [0.3, 0.4) is 0 Å². The van der Waals surface area contributed by atoms with Gasteiger partial charge >= 0.3 is 0 Å². The van der Waals surface area contributed by atoms with Crippen molar-refractivity contribution in [2.24, 2.45) is 5.92 Å². The summed E-state index contributed by atoms with van der Waals surface area (Å²) in [6.07, 6.45) is 6.09. The molecule has 0 saturated heterocycles. The summed E-state index contributed by atoms with van der Waals surface area (Å²) in [4.78, 5) is 2.57. The minimum absolute atomic E-state index is 0.431. The third kappa shape index (κ3) is 3.83. The van der Waals surface area contributed by atoms with Crippen molar-refractivity contribution in [2.75, 3.05) is 6.54 Å². The Labute approximate surface area is 94.3 Å². The summed E-state index contributed by atoms with van der Waals surface area (Å²) in [5.41, 5.74) is 0. The van der Waals surface area contributed by atoms with Crippen molar-refractivity contribution in [1.29, 1.82) is 5.26 Å². The fourth-order valence-electron chi connectivity index (χ4n) is 2.60. The lowest BCUT2D eigenvalue weighted by molar-refractivity contribution is 0.129. The molecule has 1 atom stereocenters. The van der Waals surface area contributed by atoms with E-state index in [-0.39, 0.29) is 0 Å². The number of nitrogens with zero attached hydrogens (tertiary/aromatic N) is 2. The molecule has 2 heteroatoms. The van der Waals surface area contributed by atoms with Crippen LogP contribution in [0.4, 0.5) is 0 Å². The molecule has 86 valence electrons. The first kappa shape index (κ1) is 12.5. The maximum absolute atomic E-state index is 8.79. The van der Waals surface area contributed by atoms with E-state index >= 15 is 0 Å². The standard InChI is InChI=1S/C13H24N2/c1-11(2)10-15(12(3)8-9-14)13-6-4-5-7-13/h11-13H,4-8,10H2,1-3H3. The van der Waals surface area contributed by atoms with E-state index in [0.717, 1.165) is 12.6 Å². The van der Waals surface area contributed by atoms with Gasteiger partial charge in [-0.25, -0.2) is 0 Å². The molecule has 0 N–H and O–H groups in total. The largest absolute Gasteiger partial charge is 0.296 e. The minimum Gasteiger partial charge on any atom is -0.296 e. The van der Waals surface area contributed by atoms with Gasteiger partial charge in [-0.2, -0.15) is 5.26 Å². The molecule has 0 aromatic heterocycles. The van der Waals surface area contributed by atoms with Crippen molar-refractivity contribution in [2.45, 2.75) is 65.0 Å². The van der Waals surface area contributed by atoms with Crippen LogP contribution in [0, 0.1) is 17.2 Å². The normalized spacial score (nSPS) is 19.7. The predicted molar refractivity (Wildman–Crippen MR) is 63.5 cm³/mol. The Kier molecular flexibility index (Phi) is 5.11. The Morgan fingerprint density at radius 2 is 1.87 bits per heavy atom. The van der Waals surface area contributed by atoms with E-state index < -0.39 is 0 Å². The molecule has 1 saturated carbocycles. The Hall–Kier alpha value is -0.550. The highest BCUT2D eigenvalue weighted by molar-refractivity contribution is 4.86. The molecule has 1 fully saturated rings. The van der Waals surface area contributed by atoms with Crippen LogP contribution in [0.15, 0.2) is 0 Å². The summed E-state index contributed by atoms with van der Waals surface area (Å²) in [5.74, 6) is 0.701. The van der Waals surface area contributed by atoms with E-state index in [1.54, 1.807) is 0 Å². The van der Waals surface area contributed by atoms with Crippen molar-refractivity contribution in [3.8, 4) is 6.07 Å². The summed E-state index contributed by atoms with van der Waals surface area (Å²) in [6.45, 7) is 7.87. The van der Waals surface area contributed by atoms with Gasteiger partial charge in [0.05, 0.1) is 12.5 Å². The maximum Gasteiger partial charge on any atom is 0.0638 e. The molecule has 1 unspecified atom stereocenters. The molecule has 1 rings (SSSR count). The topological polar surface area (TPSA) is 27.0 Å². The predicted octanol–water partition coefficient (Wildman–Crippen LogP) is 3.19. The van der Waals surface area contributed by atoms with Gasteiger partial charge in [-0.3, -0.25) is 4.90 Å². The zero-order valence-electron chi connectivity index (χ0n) is 10.4. The van der Waals surface area contributed by atoms with Crippen molar-refractivity contribution in [3.63, 3.8) is 0 Å². The van der Waals surface area contributed by atoms with E-state index in [0.29, 0.717) is 18.4 Å². The Morgan fingerprint density at radius 1 is 1.27 bits per heavy atom. The van der Waals surface area contributed by atoms with Gasteiger partial charge in [0, 0.05) is 18.6 Å². The first-order valence-corrected chi connectivity index (χ1v) is 6.27. The molecule has 0 bridgehead atoms.